The minimum atomic E-state index is -2.97. The number of hydrogen-bond acceptors (Lipinski definition) is 7. The van der Waals surface area contributed by atoms with E-state index in [0.29, 0.717) is 18.4 Å². The van der Waals surface area contributed by atoms with E-state index < -0.39 is 9.84 Å². The van der Waals surface area contributed by atoms with Crippen molar-refractivity contribution in [3.8, 4) is 0 Å². The third kappa shape index (κ3) is 6.53. The molecule has 0 aliphatic rings. The number of rotatable bonds is 9. The van der Waals surface area contributed by atoms with Gasteiger partial charge in [-0.2, -0.15) is 0 Å². The number of sulfone groups is 1. The van der Waals surface area contributed by atoms with Crippen LogP contribution in [0.15, 0.2) is 4.42 Å². The lowest BCUT2D eigenvalue weighted by atomic mass is 10.2. The third-order valence-electron chi connectivity index (χ3n) is 2.42. The fraction of sp³-hybridized carbons (Fsp3) is 0.818. The van der Waals surface area contributed by atoms with E-state index in [1.807, 2.05) is 0 Å². The van der Waals surface area contributed by atoms with Gasteiger partial charge in [0.15, 0.2) is 9.84 Å². The van der Waals surface area contributed by atoms with Crippen molar-refractivity contribution in [2.45, 2.75) is 27.3 Å². The normalized spacial score (nSPS) is 12.0. The Hall–Kier alpha value is -1.15. The summed E-state index contributed by atoms with van der Waals surface area (Å²) in [4.78, 5) is 0. The molecule has 0 saturated carbocycles. The van der Waals surface area contributed by atoms with Crippen molar-refractivity contribution in [2.24, 2.45) is 5.92 Å². The monoisotopic (exact) mass is 290 g/mol. The Morgan fingerprint density at radius 1 is 1.32 bits per heavy atom. The van der Waals surface area contributed by atoms with Gasteiger partial charge in [0.25, 0.3) is 0 Å². The molecule has 0 amide bonds. The summed E-state index contributed by atoms with van der Waals surface area (Å²) in [5, 5.41) is 13.6. The minimum Gasteiger partial charge on any atom is -0.407 e. The van der Waals surface area contributed by atoms with Crippen molar-refractivity contribution >= 4 is 15.9 Å². The molecule has 19 heavy (non-hydrogen) atoms. The Balaban J connectivity index is 2.31. The molecule has 0 radical (unpaired) electrons. The highest BCUT2D eigenvalue weighted by atomic mass is 32.2. The molecule has 0 bridgehead atoms. The van der Waals surface area contributed by atoms with Crippen LogP contribution in [0.3, 0.4) is 0 Å². The van der Waals surface area contributed by atoms with Crippen LogP contribution >= 0.6 is 0 Å². The van der Waals surface area contributed by atoms with Crippen LogP contribution in [0.2, 0.25) is 0 Å². The third-order valence-corrected chi connectivity index (χ3v) is 4.13. The van der Waals surface area contributed by atoms with E-state index in [1.54, 1.807) is 6.92 Å². The summed E-state index contributed by atoms with van der Waals surface area (Å²) in [6.07, 6.45) is 0. The predicted octanol–water partition coefficient (Wildman–Crippen LogP) is 0.662. The zero-order valence-corrected chi connectivity index (χ0v) is 12.5. The molecule has 8 heteroatoms. The maximum atomic E-state index is 11.3. The van der Waals surface area contributed by atoms with Gasteiger partial charge in [-0.15, -0.1) is 5.10 Å². The van der Waals surface area contributed by atoms with E-state index in [4.69, 9.17) is 4.42 Å². The molecule has 0 aliphatic heterocycles. The van der Waals surface area contributed by atoms with Crippen molar-refractivity contribution in [1.82, 2.24) is 15.5 Å². The van der Waals surface area contributed by atoms with Gasteiger partial charge < -0.3 is 15.1 Å². The molecule has 110 valence electrons. The molecule has 7 nitrogen and oxygen atoms in total. The van der Waals surface area contributed by atoms with Crippen LogP contribution in [0, 0.1) is 5.92 Å². The molecule has 1 aromatic heterocycles. The highest BCUT2D eigenvalue weighted by Gasteiger charge is 2.09. The summed E-state index contributed by atoms with van der Waals surface area (Å²) in [5.74, 6) is 1.25. The lowest BCUT2D eigenvalue weighted by molar-refractivity contribution is 0.459. The van der Waals surface area contributed by atoms with E-state index >= 15 is 0 Å². The summed E-state index contributed by atoms with van der Waals surface area (Å²) >= 11 is 0. The number of nitrogens with one attached hydrogen (secondary N) is 2. The van der Waals surface area contributed by atoms with E-state index in [2.05, 4.69) is 34.7 Å². The predicted molar refractivity (Wildman–Crippen MR) is 73.7 cm³/mol. The molecule has 0 aromatic carbocycles. The Bertz CT molecular complexity index is 470. The second kappa shape index (κ2) is 7.44. The molecule has 0 atom stereocenters. The van der Waals surface area contributed by atoms with Crippen LogP contribution in [0.1, 0.15) is 26.7 Å². The molecule has 2 N–H and O–H groups in total. The summed E-state index contributed by atoms with van der Waals surface area (Å²) in [5.41, 5.74) is 0. The lowest BCUT2D eigenvalue weighted by Crippen LogP contribution is -2.19. The molecular weight excluding hydrogens is 268 g/mol. The van der Waals surface area contributed by atoms with Crippen molar-refractivity contribution in [3.63, 3.8) is 0 Å². The molecule has 0 spiro atoms. The Morgan fingerprint density at radius 2 is 2.05 bits per heavy atom. The summed E-state index contributed by atoms with van der Waals surface area (Å²) in [6.45, 7) is 7.52. The standard InChI is InChI=1S/C11H22N4O3S/c1-4-19(16,17)6-5-13-11-15-14-10(18-11)8-12-7-9(2)3/h9,12H,4-8H2,1-3H3,(H,13,15). The summed E-state index contributed by atoms with van der Waals surface area (Å²) < 4.78 is 27.9. The van der Waals surface area contributed by atoms with Gasteiger partial charge in [-0.25, -0.2) is 8.42 Å². The summed E-state index contributed by atoms with van der Waals surface area (Å²) in [7, 11) is -2.97. The van der Waals surface area contributed by atoms with Gasteiger partial charge in [0, 0.05) is 12.3 Å². The SMILES string of the molecule is CCS(=O)(=O)CCNc1nnc(CNCC(C)C)o1. The van der Waals surface area contributed by atoms with Gasteiger partial charge in [0.05, 0.1) is 12.3 Å². The second-order valence-corrected chi connectivity index (χ2v) is 7.16. The first-order valence-corrected chi connectivity index (χ1v) is 8.22. The average Bonchev–Trinajstić information content (AvgIpc) is 2.76. The van der Waals surface area contributed by atoms with Crippen LogP contribution in [-0.2, 0) is 16.4 Å². The molecule has 0 aliphatic carbocycles. The van der Waals surface area contributed by atoms with Crippen LogP contribution in [-0.4, -0.2) is 43.2 Å². The molecule has 1 heterocycles. The molecule has 0 unspecified atom stereocenters. The van der Waals surface area contributed by atoms with Crippen LogP contribution in [0.25, 0.3) is 0 Å². The van der Waals surface area contributed by atoms with Gasteiger partial charge >= 0.3 is 6.01 Å². The van der Waals surface area contributed by atoms with Crippen molar-refractivity contribution in [3.05, 3.63) is 5.89 Å². The maximum Gasteiger partial charge on any atom is 0.315 e. The largest absolute Gasteiger partial charge is 0.407 e. The number of aromatic nitrogens is 2. The number of anilines is 1. The minimum absolute atomic E-state index is 0.0623. The van der Waals surface area contributed by atoms with Crippen LogP contribution in [0.4, 0.5) is 6.01 Å². The second-order valence-electron chi connectivity index (χ2n) is 4.69. The fourth-order valence-electron chi connectivity index (χ4n) is 1.32. The molecular formula is C11H22N4O3S. The lowest BCUT2D eigenvalue weighted by Gasteiger charge is -2.04. The maximum absolute atomic E-state index is 11.3. The topological polar surface area (TPSA) is 97.1 Å². The van der Waals surface area contributed by atoms with E-state index in [-0.39, 0.29) is 24.1 Å². The molecule has 0 saturated heterocycles. The van der Waals surface area contributed by atoms with Gasteiger partial charge in [-0.05, 0) is 12.5 Å². The Kier molecular flexibility index (Phi) is 6.23. The quantitative estimate of drug-likeness (QED) is 0.689. The smallest absolute Gasteiger partial charge is 0.315 e. The fourth-order valence-corrected chi connectivity index (χ4v) is 2.02. The zero-order chi connectivity index (χ0) is 14.3. The Morgan fingerprint density at radius 3 is 2.68 bits per heavy atom. The highest BCUT2D eigenvalue weighted by Crippen LogP contribution is 2.05. The Labute approximate surface area is 114 Å². The van der Waals surface area contributed by atoms with Crippen molar-refractivity contribution in [2.75, 3.05) is 29.9 Å². The first-order chi connectivity index (χ1) is 8.93. The van der Waals surface area contributed by atoms with E-state index in [9.17, 15) is 8.42 Å². The van der Waals surface area contributed by atoms with Crippen LogP contribution in [0.5, 0.6) is 0 Å². The first-order valence-electron chi connectivity index (χ1n) is 6.40. The van der Waals surface area contributed by atoms with E-state index in [1.165, 1.54) is 0 Å². The number of hydrogen-bond donors (Lipinski definition) is 2. The summed E-state index contributed by atoms with van der Waals surface area (Å²) in [6, 6.07) is 0.257. The van der Waals surface area contributed by atoms with Crippen molar-refractivity contribution < 1.29 is 12.8 Å². The van der Waals surface area contributed by atoms with Gasteiger partial charge in [0.1, 0.15) is 0 Å². The van der Waals surface area contributed by atoms with Gasteiger partial charge in [-0.1, -0.05) is 25.9 Å². The number of nitrogens with zero attached hydrogens (tertiary/aromatic N) is 2. The van der Waals surface area contributed by atoms with Crippen molar-refractivity contribution in [1.29, 1.82) is 0 Å². The average molecular weight is 290 g/mol. The van der Waals surface area contributed by atoms with E-state index in [0.717, 1.165) is 6.54 Å². The van der Waals surface area contributed by atoms with Crippen LogP contribution < -0.4 is 10.6 Å². The van der Waals surface area contributed by atoms with Gasteiger partial charge in [-0.3, -0.25) is 0 Å². The molecule has 1 aromatic rings. The van der Waals surface area contributed by atoms with Gasteiger partial charge in [0.2, 0.25) is 5.89 Å². The first kappa shape index (κ1) is 15.9. The molecule has 1 rings (SSSR count). The highest BCUT2D eigenvalue weighted by molar-refractivity contribution is 7.91. The zero-order valence-electron chi connectivity index (χ0n) is 11.6. The molecule has 0 fully saturated rings.